The van der Waals surface area contributed by atoms with E-state index in [2.05, 4.69) is 4.98 Å². The van der Waals surface area contributed by atoms with E-state index in [9.17, 15) is 22.8 Å². The number of fused-ring (bicyclic) bond motifs is 1. The van der Waals surface area contributed by atoms with Gasteiger partial charge in [0, 0.05) is 25.6 Å². The number of hydrogen-bond donors (Lipinski definition) is 0. The Morgan fingerprint density at radius 2 is 1.87 bits per heavy atom. The minimum atomic E-state index is -4.38. The standard InChI is InChI=1S/C23H22F3N3O2/c1-15-3-2-4-19-21(15)27-14-28(22(19)31)12-11-20(30)29(18-9-10-18)13-16-5-7-17(8-6-16)23(24,25)26/h2-8,14,18H,9-13H2,1H3. The van der Waals surface area contributed by atoms with Crippen LogP contribution in [0.15, 0.2) is 53.6 Å². The molecule has 1 aliphatic carbocycles. The first-order valence-electron chi connectivity index (χ1n) is 10.1. The van der Waals surface area contributed by atoms with Crippen molar-refractivity contribution in [1.82, 2.24) is 14.5 Å². The Balaban J connectivity index is 1.46. The third-order valence-electron chi connectivity index (χ3n) is 5.56. The van der Waals surface area contributed by atoms with Gasteiger partial charge in [0.2, 0.25) is 5.91 Å². The van der Waals surface area contributed by atoms with Crippen molar-refractivity contribution in [3.05, 3.63) is 75.8 Å². The molecule has 3 aromatic rings. The number of amides is 1. The predicted molar refractivity (Wildman–Crippen MR) is 110 cm³/mol. The largest absolute Gasteiger partial charge is 0.416 e. The van der Waals surface area contributed by atoms with Crippen molar-refractivity contribution < 1.29 is 18.0 Å². The second kappa shape index (κ2) is 8.17. The van der Waals surface area contributed by atoms with E-state index in [1.807, 2.05) is 13.0 Å². The molecular weight excluding hydrogens is 407 g/mol. The normalized spacial score (nSPS) is 14.1. The van der Waals surface area contributed by atoms with Crippen LogP contribution in [0, 0.1) is 6.92 Å². The molecule has 0 N–H and O–H groups in total. The van der Waals surface area contributed by atoms with Crippen LogP contribution in [0.4, 0.5) is 13.2 Å². The Morgan fingerprint density at radius 3 is 2.52 bits per heavy atom. The van der Waals surface area contributed by atoms with Crippen LogP contribution < -0.4 is 5.56 Å². The fourth-order valence-electron chi connectivity index (χ4n) is 3.66. The molecular formula is C23H22F3N3O2. The van der Waals surface area contributed by atoms with Gasteiger partial charge in [-0.2, -0.15) is 13.2 Å². The summed E-state index contributed by atoms with van der Waals surface area (Å²) in [7, 11) is 0. The summed E-state index contributed by atoms with van der Waals surface area (Å²) in [6.45, 7) is 2.34. The third-order valence-corrected chi connectivity index (χ3v) is 5.56. The van der Waals surface area contributed by atoms with E-state index in [-0.39, 0.29) is 37.0 Å². The van der Waals surface area contributed by atoms with Crippen LogP contribution in [0.3, 0.4) is 0 Å². The van der Waals surface area contributed by atoms with Crippen LogP contribution >= 0.6 is 0 Å². The number of carbonyl (C=O) groups excluding carboxylic acids is 1. The first-order valence-corrected chi connectivity index (χ1v) is 10.1. The number of hydrogen-bond acceptors (Lipinski definition) is 3. The van der Waals surface area contributed by atoms with Crippen LogP contribution in [0.2, 0.25) is 0 Å². The second-order valence-corrected chi connectivity index (χ2v) is 7.91. The highest BCUT2D eigenvalue weighted by molar-refractivity contribution is 5.80. The van der Waals surface area contributed by atoms with Gasteiger partial charge in [0.25, 0.3) is 5.56 Å². The number of rotatable bonds is 6. The van der Waals surface area contributed by atoms with E-state index in [0.717, 1.165) is 30.5 Å². The van der Waals surface area contributed by atoms with Crippen molar-refractivity contribution >= 4 is 16.8 Å². The van der Waals surface area contributed by atoms with Crippen LogP contribution in [0.5, 0.6) is 0 Å². The zero-order valence-electron chi connectivity index (χ0n) is 17.0. The molecule has 8 heteroatoms. The Kier molecular flexibility index (Phi) is 5.56. The molecule has 1 fully saturated rings. The van der Waals surface area contributed by atoms with Gasteiger partial charge in [0.1, 0.15) is 0 Å². The summed E-state index contributed by atoms with van der Waals surface area (Å²) in [5, 5.41) is 0.513. The molecule has 1 aliphatic rings. The van der Waals surface area contributed by atoms with Crippen LogP contribution in [-0.4, -0.2) is 26.4 Å². The zero-order valence-corrected chi connectivity index (χ0v) is 17.0. The van der Waals surface area contributed by atoms with E-state index < -0.39 is 11.7 Å². The molecule has 1 saturated carbocycles. The average Bonchev–Trinajstić information content (AvgIpc) is 3.57. The molecule has 1 aromatic heterocycles. The lowest BCUT2D eigenvalue weighted by molar-refractivity contribution is -0.137. The van der Waals surface area contributed by atoms with Gasteiger partial charge in [0.05, 0.1) is 22.8 Å². The van der Waals surface area contributed by atoms with Gasteiger partial charge in [-0.1, -0.05) is 24.3 Å². The molecule has 5 nitrogen and oxygen atoms in total. The first kappa shape index (κ1) is 21.1. The minimum absolute atomic E-state index is 0.101. The van der Waals surface area contributed by atoms with E-state index in [4.69, 9.17) is 0 Å². The van der Waals surface area contributed by atoms with Crippen LogP contribution in [-0.2, 0) is 24.1 Å². The summed E-state index contributed by atoms with van der Waals surface area (Å²) in [4.78, 5) is 31.6. The van der Waals surface area contributed by atoms with Crippen molar-refractivity contribution in [3.63, 3.8) is 0 Å². The Labute approximate surface area is 177 Å². The molecule has 162 valence electrons. The average molecular weight is 429 g/mol. The SMILES string of the molecule is Cc1cccc2c(=O)n(CCC(=O)N(Cc3ccc(C(F)(F)F)cc3)C3CC3)cnc12. The minimum Gasteiger partial charge on any atom is -0.335 e. The number of para-hydroxylation sites is 1. The second-order valence-electron chi connectivity index (χ2n) is 7.91. The molecule has 4 rings (SSSR count). The topological polar surface area (TPSA) is 55.2 Å². The van der Waals surface area contributed by atoms with Gasteiger partial charge >= 0.3 is 6.18 Å². The van der Waals surface area contributed by atoms with Crippen molar-refractivity contribution in [2.24, 2.45) is 0 Å². The molecule has 2 aromatic carbocycles. The highest BCUT2D eigenvalue weighted by atomic mass is 19.4. The van der Waals surface area contributed by atoms with E-state index >= 15 is 0 Å². The van der Waals surface area contributed by atoms with Crippen molar-refractivity contribution in [1.29, 1.82) is 0 Å². The number of carbonyl (C=O) groups is 1. The fourth-order valence-corrected chi connectivity index (χ4v) is 3.66. The summed E-state index contributed by atoms with van der Waals surface area (Å²) >= 11 is 0. The number of halogens is 3. The maximum Gasteiger partial charge on any atom is 0.416 e. The molecule has 0 aliphatic heterocycles. The summed E-state index contributed by atoms with van der Waals surface area (Å²) < 4.78 is 39.7. The number of aromatic nitrogens is 2. The molecule has 0 radical (unpaired) electrons. The van der Waals surface area contributed by atoms with Crippen molar-refractivity contribution in [2.75, 3.05) is 0 Å². The van der Waals surface area contributed by atoms with E-state index in [1.54, 1.807) is 17.0 Å². The third kappa shape index (κ3) is 4.62. The van der Waals surface area contributed by atoms with Crippen LogP contribution in [0.1, 0.15) is 36.0 Å². The van der Waals surface area contributed by atoms with Gasteiger partial charge in [-0.05, 0) is 49.1 Å². The van der Waals surface area contributed by atoms with Gasteiger partial charge in [-0.3, -0.25) is 14.2 Å². The molecule has 0 unspecified atom stereocenters. The first-order chi connectivity index (χ1) is 14.7. The smallest absolute Gasteiger partial charge is 0.335 e. The lowest BCUT2D eigenvalue weighted by Gasteiger charge is -2.23. The Bertz CT molecular complexity index is 1170. The van der Waals surface area contributed by atoms with E-state index in [1.165, 1.54) is 23.0 Å². The summed E-state index contributed by atoms with van der Waals surface area (Å²) in [5.74, 6) is -0.126. The molecule has 0 atom stereocenters. The summed E-state index contributed by atoms with van der Waals surface area (Å²) in [6.07, 6.45) is -1.05. The molecule has 31 heavy (non-hydrogen) atoms. The number of alkyl halides is 3. The van der Waals surface area contributed by atoms with Crippen molar-refractivity contribution in [2.45, 2.75) is 51.5 Å². The molecule has 1 amide bonds. The Morgan fingerprint density at radius 1 is 1.16 bits per heavy atom. The predicted octanol–water partition coefficient (Wildman–Crippen LogP) is 4.31. The van der Waals surface area contributed by atoms with Gasteiger partial charge < -0.3 is 4.90 Å². The van der Waals surface area contributed by atoms with Gasteiger partial charge in [-0.15, -0.1) is 0 Å². The maximum absolute atomic E-state index is 12.9. The molecule has 1 heterocycles. The highest BCUT2D eigenvalue weighted by Gasteiger charge is 2.33. The highest BCUT2D eigenvalue weighted by Crippen LogP contribution is 2.31. The molecule has 0 bridgehead atoms. The monoisotopic (exact) mass is 429 g/mol. The summed E-state index contributed by atoms with van der Waals surface area (Å²) in [6, 6.07) is 10.4. The summed E-state index contributed by atoms with van der Waals surface area (Å²) in [5.41, 5.74) is 1.31. The fraction of sp³-hybridized carbons (Fsp3) is 0.348. The maximum atomic E-state index is 12.9. The molecule has 0 spiro atoms. The molecule has 0 saturated heterocycles. The quantitative estimate of drug-likeness (QED) is 0.587. The number of nitrogens with zero attached hydrogens (tertiary/aromatic N) is 3. The lowest BCUT2D eigenvalue weighted by atomic mass is 10.1. The van der Waals surface area contributed by atoms with Gasteiger partial charge in [-0.25, -0.2) is 4.98 Å². The van der Waals surface area contributed by atoms with Gasteiger partial charge in [0.15, 0.2) is 0 Å². The number of benzene rings is 2. The lowest BCUT2D eigenvalue weighted by Crippen LogP contribution is -2.34. The number of aryl methyl sites for hydroxylation is 2. The van der Waals surface area contributed by atoms with E-state index in [0.29, 0.717) is 16.5 Å². The van der Waals surface area contributed by atoms with Crippen molar-refractivity contribution in [3.8, 4) is 0 Å². The zero-order chi connectivity index (χ0) is 22.2. The van der Waals surface area contributed by atoms with Crippen LogP contribution in [0.25, 0.3) is 10.9 Å². The Hall–Kier alpha value is -3.16.